The molecule has 0 unspecified atom stereocenters. The smallest absolute Gasteiger partial charge is 0.408 e. The topological polar surface area (TPSA) is 38.3 Å². The molecule has 1 atom stereocenters. The number of hydrogen-bond acceptors (Lipinski definition) is 2. The van der Waals surface area contributed by atoms with Crippen LogP contribution in [0.2, 0.25) is 0 Å². The van der Waals surface area contributed by atoms with Crippen LogP contribution in [-0.2, 0) is 11.2 Å². The van der Waals surface area contributed by atoms with Crippen LogP contribution in [0.5, 0.6) is 0 Å². The fourth-order valence-electron chi connectivity index (χ4n) is 3.29. The maximum Gasteiger partial charge on any atom is 0.408 e. The van der Waals surface area contributed by atoms with Crippen molar-refractivity contribution in [1.29, 1.82) is 0 Å². The Hall–Kier alpha value is -1.51. The average Bonchev–Trinajstić information content (AvgIpc) is 2.96. The number of hydrogen-bond donors (Lipinski definition) is 1. The molecule has 3 rings (SSSR count). The van der Waals surface area contributed by atoms with Crippen molar-refractivity contribution in [3.05, 3.63) is 35.9 Å². The molecule has 1 heterocycles. The molecule has 3 nitrogen and oxygen atoms in total. The van der Waals surface area contributed by atoms with E-state index in [1.165, 1.54) is 18.4 Å². The molecule has 1 aromatic carbocycles. The lowest BCUT2D eigenvalue weighted by molar-refractivity contribution is 0.102. The van der Waals surface area contributed by atoms with Crippen LogP contribution in [0.15, 0.2) is 30.3 Å². The molecule has 1 spiro atoms. The van der Waals surface area contributed by atoms with Gasteiger partial charge in [0.25, 0.3) is 0 Å². The highest BCUT2D eigenvalue weighted by Gasteiger charge is 2.49. The molecule has 1 saturated heterocycles. The molecule has 1 aliphatic heterocycles. The van der Waals surface area contributed by atoms with Gasteiger partial charge < -0.3 is 10.1 Å². The van der Waals surface area contributed by atoms with Crippen molar-refractivity contribution in [2.75, 3.05) is 0 Å². The van der Waals surface area contributed by atoms with E-state index < -0.39 is 0 Å². The molecule has 2 aliphatic rings. The first-order valence-electron chi connectivity index (χ1n) is 6.81. The zero-order valence-corrected chi connectivity index (χ0v) is 10.5. The second-order valence-electron chi connectivity index (χ2n) is 5.41. The van der Waals surface area contributed by atoms with E-state index in [1.807, 2.05) is 6.07 Å². The average molecular weight is 245 g/mol. The minimum atomic E-state index is -0.227. The number of amides is 1. The van der Waals surface area contributed by atoms with Gasteiger partial charge in [0, 0.05) is 0 Å². The molecule has 1 aromatic rings. The molecule has 1 amide bonds. The van der Waals surface area contributed by atoms with Crippen LogP contribution in [0.25, 0.3) is 0 Å². The SMILES string of the molecule is O=C1NC2(CCCC2)[C@@H](CCc2ccccc2)O1. The Morgan fingerprint density at radius 1 is 1.22 bits per heavy atom. The molecule has 1 aliphatic carbocycles. The number of alkyl carbamates (subject to hydrolysis) is 1. The third-order valence-electron chi connectivity index (χ3n) is 4.25. The van der Waals surface area contributed by atoms with Gasteiger partial charge in [-0.15, -0.1) is 0 Å². The molecule has 0 bridgehead atoms. The summed E-state index contributed by atoms with van der Waals surface area (Å²) in [5.41, 5.74) is 1.25. The molecule has 18 heavy (non-hydrogen) atoms. The number of nitrogens with one attached hydrogen (secondary N) is 1. The summed E-state index contributed by atoms with van der Waals surface area (Å²) < 4.78 is 5.47. The lowest BCUT2D eigenvalue weighted by atomic mass is 9.88. The van der Waals surface area contributed by atoms with Crippen LogP contribution in [0.1, 0.15) is 37.7 Å². The second kappa shape index (κ2) is 4.63. The third-order valence-corrected chi connectivity index (χ3v) is 4.25. The number of rotatable bonds is 3. The van der Waals surface area contributed by atoms with Gasteiger partial charge in [-0.1, -0.05) is 43.2 Å². The maximum absolute atomic E-state index is 11.5. The number of carbonyl (C=O) groups excluding carboxylic acids is 1. The Morgan fingerprint density at radius 2 is 1.94 bits per heavy atom. The summed E-state index contributed by atoms with van der Waals surface area (Å²) in [6.07, 6.45) is 6.25. The van der Waals surface area contributed by atoms with Gasteiger partial charge in [0.15, 0.2) is 0 Å². The zero-order valence-electron chi connectivity index (χ0n) is 10.5. The van der Waals surface area contributed by atoms with Gasteiger partial charge >= 0.3 is 6.09 Å². The van der Waals surface area contributed by atoms with E-state index in [9.17, 15) is 4.79 Å². The van der Waals surface area contributed by atoms with Crippen LogP contribution in [0.4, 0.5) is 4.79 Å². The second-order valence-corrected chi connectivity index (χ2v) is 5.41. The first-order valence-corrected chi connectivity index (χ1v) is 6.81. The quantitative estimate of drug-likeness (QED) is 0.888. The van der Waals surface area contributed by atoms with Crippen molar-refractivity contribution in [2.45, 2.75) is 50.2 Å². The Balaban J connectivity index is 1.66. The minimum Gasteiger partial charge on any atom is -0.444 e. The first-order chi connectivity index (χ1) is 8.78. The molecule has 0 radical (unpaired) electrons. The Morgan fingerprint density at radius 3 is 2.67 bits per heavy atom. The van der Waals surface area contributed by atoms with Gasteiger partial charge in [-0.2, -0.15) is 0 Å². The number of carbonyl (C=O) groups is 1. The predicted molar refractivity (Wildman–Crippen MR) is 69.4 cm³/mol. The summed E-state index contributed by atoms with van der Waals surface area (Å²) in [4.78, 5) is 11.5. The highest BCUT2D eigenvalue weighted by atomic mass is 16.6. The maximum atomic E-state index is 11.5. The molecule has 96 valence electrons. The summed E-state index contributed by atoms with van der Waals surface area (Å²) in [6.45, 7) is 0. The molecular weight excluding hydrogens is 226 g/mol. The summed E-state index contributed by atoms with van der Waals surface area (Å²) >= 11 is 0. The lowest BCUT2D eigenvalue weighted by Crippen LogP contribution is -2.46. The van der Waals surface area contributed by atoms with E-state index in [1.54, 1.807) is 0 Å². The highest BCUT2D eigenvalue weighted by Crippen LogP contribution is 2.39. The van der Waals surface area contributed by atoms with Crippen molar-refractivity contribution >= 4 is 6.09 Å². The van der Waals surface area contributed by atoms with E-state index in [4.69, 9.17) is 4.74 Å². The highest BCUT2D eigenvalue weighted by molar-refractivity contribution is 5.71. The molecule has 1 saturated carbocycles. The Labute approximate surface area is 108 Å². The van der Waals surface area contributed by atoms with E-state index >= 15 is 0 Å². The van der Waals surface area contributed by atoms with E-state index in [0.717, 1.165) is 25.7 Å². The minimum absolute atomic E-state index is 0.0488. The summed E-state index contributed by atoms with van der Waals surface area (Å²) in [7, 11) is 0. The van der Waals surface area contributed by atoms with Gasteiger partial charge in [-0.3, -0.25) is 0 Å². The van der Waals surface area contributed by atoms with Crippen LogP contribution in [-0.4, -0.2) is 17.7 Å². The Bertz CT molecular complexity index is 423. The number of ether oxygens (including phenoxy) is 1. The summed E-state index contributed by atoms with van der Waals surface area (Å²) in [5, 5.41) is 3.05. The lowest BCUT2D eigenvalue weighted by Gasteiger charge is -2.27. The van der Waals surface area contributed by atoms with Crippen LogP contribution < -0.4 is 5.32 Å². The Kier molecular flexibility index (Phi) is 2.98. The third kappa shape index (κ3) is 2.09. The van der Waals surface area contributed by atoms with Gasteiger partial charge in [0.1, 0.15) is 6.10 Å². The van der Waals surface area contributed by atoms with Gasteiger partial charge in [-0.25, -0.2) is 4.79 Å². The number of aryl methyl sites for hydroxylation is 1. The molecule has 0 aromatic heterocycles. The summed E-state index contributed by atoms with van der Waals surface area (Å²) in [5.74, 6) is 0. The molecule has 3 heteroatoms. The summed E-state index contributed by atoms with van der Waals surface area (Å²) in [6, 6.07) is 10.4. The monoisotopic (exact) mass is 245 g/mol. The van der Waals surface area contributed by atoms with E-state index in [-0.39, 0.29) is 17.7 Å². The van der Waals surface area contributed by atoms with Crippen LogP contribution in [0.3, 0.4) is 0 Å². The first kappa shape index (κ1) is 11.6. The predicted octanol–water partition coefficient (Wildman–Crippen LogP) is 3.04. The van der Waals surface area contributed by atoms with E-state index in [0.29, 0.717) is 0 Å². The van der Waals surface area contributed by atoms with Crippen molar-refractivity contribution in [2.24, 2.45) is 0 Å². The van der Waals surface area contributed by atoms with Gasteiger partial charge in [0.2, 0.25) is 0 Å². The standard InChI is InChI=1S/C15H19NO2/c17-14-16-15(10-4-5-11-15)13(18-14)9-8-12-6-2-1-3-7-12/h1-3,6-7,13H,4-5,8-11H2,(H,16,17)/t13-/m1/s1. The van der Waals surface area contributed by atoms with Gasteiger partial charge in [0.05, 0.1) is 5.54 Å². The zero-order chi connectivity index (χ0) is 12.4. The van der Waals surface area contributed by atoms with Crippen molar-refractivity contribution in [3.8, 4) is 0 Å². The molecule has 1 N–H and O–H groups in total. The molecule has 2 fully saturated rings. The van der Waals surface area contributed by atoms with E-state index in [2.05, 4.69) is 29.6 Å². The van der Waals surface area contributed by atoms with Gasteiger partial charge in [-0.05, 0) is 31.2 Å². The largest absolute Gasteiger partial charge is 0.444 e. The molecular formula is C15H19NO2. The fraction of sp³-hybridized carbons (Fsp3) is 0.533. The van der Waals surface area contributed by atoms with Crippen molar-refractivity contribution in [1.82, 2.24) is 5.32 Å². The van der Waals surface area contributed by atoms with Crippen molar-refractivity contribution in [3.63, 3.8) is 0 Å². The number of benzene rings is 1. The normalized spacial score (nSPS) is 25.1. The van der Waals surface area contributed by atoms with Crippen molar-refractivity contribution < 1.29 is 9.53 Å². The van der Waals surface area contributed by atoms with Crippen LogP contribution >= 0.6 is 0 Å². The fourth-order valence-corrected chi connectivity index (χ4v) is 3.29. The van der Waals surface area contributed by atoms with Crippen LogP contribution in [0, 0.1) is 0 Å². The number of cyclic esters (lactones) is 1.